The van der Waals surface area contributed by atoms with Crippen molar-refractivity contribution in [2.24, 2.45) is 0 Å². The minimum Gasteiger partial charge on any atom is -0.444 e. The molecule has 0 spiro atoms. The zero-order chi connectivity index (χ0) is 15.8. The highest BCUT2D eigenvalue weighted by atomic mass is 32.2. The molecule has 0 saturated carbocycles. The number of ether oxygens (including phenoxy) is 2. The SMILES string of the molecule is CS(=O)CCN1C(=O)O[C@@H]2CN(C(=O)OC(C)(C)C)C[C@@H]21. The predicted molar refractivity (Wildman–Crippen MR) is 77.5 cm³/mol. The average molecular weight is 318 g/mol. The summed E-state index contributed by atoms with van der Waals surface area (Å²) in [5, 5.41) is 0. The van der Waals surface area contributed by atoms with Crippen molar-refractivity contribution >= 4 is 23.0 Å². The topological polar surface area (TPSA) is 76.2 Å². The van der Waals surface area contributed by atoms with Gasteiger partial charge in [-0.3, -0.25) is 9.11 Å². The smallest absolute Gasteiger partial charge is 0.410 e. The minimum atomic E-state index is -0.970. The van der Waals surface area contributed by atoms with Crippen LogP contribution in [0.2, 0.25) is 0 Å². The van der Waals surface area contributed by atoms with Crippen LogP contribution in [0.15, 0.2) is 0 Å². The van der Waals surface area contributed by atoms with E-state index in [1.807, 2.05) is 20.8 Å². The molecule has 3 atom stereocenters. The quantitative estimate of drug-likeness (QED) is 0.769. The number of nitrogens with zero attached hydrogens (tertiary/aromatic N) is 2. The zero-order valence-electron chi connectivity index (χ0n) is 12.8. The Labute approximate surface area is 127 Å². The van der Waals surface area contributed by atoms with Crippen LogP contribution < -0.4 is 0 Å². The van der Waals surface area contributed by atoms with Gasteiger partial charge in [0.2, 0.25) is 0 Å². The number of fused-ring (bicyclic) bond motifs is 1. The van der Waals surface area contributed by atoms with Crippen LogP contribution in [0.4, 0.5) is 9.59 Å². The van der Waals surface area contributed by atoms with Crippen molar-refractivity contribution in [2.75, 3.05) is 31.6 Å². The summed E-state index contributed by atoms with van der Waals surface area (Å²) in [6.07, 6.45) is 0.488. The van der Waals surface area contributed by atoms with Crippen molar-refractivity contribution in [3.05, 3.63) is 0 Å². The first-order valence-corrected chi connectivity index (χ1v) is 8.65. The van der Waals surface area contributed by atoms with Crippen LogP contribution in [0, 0.1) is 0 Å². The summed E-state index contributed by atoms with van der Waals surface area (Å²) >= 11 is 0. The summed E-state index contributed by atoms with van der Waals surface area (Å²) in [6, 6.07) is -0.173. The van der Waals surface area contributed by atoms with E-state index < -0.39 is 22.5 Å². The van der Waals surface area contributed by atoms with Crippen molar-refractivity contribution in [1.29, 1.82) is 0 Å². The maximum Gasteiger partial charge on any atom is 0.410 e. The Morgan fingerprint density at radius 1 is 1.43 bits per heavy atom. The molecule has 0 aromatic rings. The predicted octanol–water partition coefficient (Wildman–Crippen LogP) is 0.805. The van der Waals surface area contributed by atoms with Gasteiger partial charge in [-0.1, -0.05) is 0 Å². The van der Waals surface area contributed by atoms with Gasteiger partial charge in [-0.2, -0.15) is 0 Å². The molecule has 2 aliphatic rings. The first-order valence-electron chi connectivity index (χ1n) is 6.92. The van der Waals surface area contributed by atoms with Crippen LogP contribution in [0.25, 0.3) is 0 Å². The largest absolute Gasteiger partial charge is 0.444 e. The van der Waals surface area contributed by atoms with E-state index in [9.17, 15) is 13.8 Å². The number of carbonyl (C=O) groups excluding carboxylic acids is 2. The molecule has 0 aromatic carbocycles. The van der Waals surface area contributed by atoms with Gasteiger partial charge in [0, 0.05) is 35.9 Å². The molecule has 21 heavy (non-hydrogen) atoms. The van der Waals surface area contributed by atoms with E-state index in [0.717, 1.165) is 0 Å². The summed E-state index contributed by atoms with van der Waals surface area (Å²) in [7, 11) is -0.970. The molecule has 2 fully saturated rings. The summed E-state index contributed by atoms with van der Waals surface area (Å²) in [6.45, 7) is 6.55. The fourth-order valence-electron chi connectivity index (χ4n) is 2.46. The van der Waals surface area contributed by atoms with Crippen LogP contribution in [0.5, 0.6) is 0 Å². The van der Waals surface area contributed by atoms with E-state index in [4.69, 9.17) is 9.47 Å². The molecule has 0 radical (unpaired) electrons. The molecule has 2 aliphatic heterocycles. The number of rotatable bonds is 3. The van der Waals surface area contributed by atoms with Gasteiger partial charge in [-0.05, 0) is 20.8 Å². The lowest BCUT2D eigenvalue weighted by atomic mass is 10.2. The normalized spacial score (nSPS) is 26.6. The second-order valence-corrected chi connectivity index (χ2v) is 7.90. The highest BCUT2D eigenvalue weighted by Gasteiger charge is 2.49. The van der Waals surface area contributed by atoms with Gasteiger partial charge in [0.25, 0.3) is 0 Å². The fourth-order valence-corrected chi connectivity index (χ4v) is 2.92. The fraction of sp³-hybridized carbons (Fsp3) is 0.846. The van der Waals surface area contributed by atoms with E-state index in [1.165, 1.54) is 0 Å². The Kier molecular flexibility index (Phi) is 4.46. The molecule has 0 bridgehead atoms. The van der Waals surface area contributed by atoms with Gasteiger partial charge in [0.1, 0.15) is 11.7 Å². The van der Waals surface area contributed by atoms with Gasteiger partial charge >= 0.3 is 12.2 Å². The Hall–Kier alpha value is -1.31. The van der Waals surface area contributed by atoms with Crippen LogP contribution in [-0.2, 0) is 20.3 Å². The van der Waals surface area contributed by atoms with Gasteiger partial charge < -0.3 is 14.4 Å². The molecule has 1 unspecified atom stereocenters. The number of likely N-dealkylation sites (tertiary alicyclic amines) is 1. The molecule has 2 rings (SSSR count). The van der Waals surface area contributed by atoms with Crippen molar-refractivity contribution in [1.82, 2.24) is 9.80 Å². The Balaban J connectivity index is 1.96. The van der Waals surface area contributed by atoms with Crippen LogP contribution in [0.3, 0.4) is 0 Å². The van der Waals surface area contributed by atoms with Crippen LogP contribution >= 0.6 is 0 Å². The average Bonchev–Trinajstić information content (AvgIpc) is 2.81. The lowest BCUT2D eigenvalue weighted by Crippen LogP contribution is -2.42. The summed E-state index contributed by atoms with van der Waals surface area (Å²) < 4.78 is 21.8. The molecule has 0 aromatic heterocycles. The van der Waals surface area contributed by atoms with E-state index in [-0.39, 0.29) is 18.2 Å². The Morgan fingerprint density at radius 3 is 2.67 bits per heavy atom. The second kappa shape index (κ2) is 5.82. The number of hydrogen-bond donors (Lipinski definition) is 0. The minimum absolute atomic E-state index is 0.173. The molecule has 2 saturated heterocycles. The Morgan fingerprint density at radius 2 is 2.10 bits per heavy atom. The molecule has 2 amide bonds. The highest BCUT2D eigenvalue weighted by Crippen LogP contribution is 2.27. The maximum atomic E-state index is 12.0. The third-order valence-electron chi connectivity index (χ3n) is 3.40. The molecular formula is C13H22N2O5S. The van der Waals surface area contributed by atoms with Crippen molar-refractivity contribution in [3.8, 4) is 0 Å². The van der Waals surface area contributed by atoms with E-state index >= 15 is 0 Å². The van der Waals surface area contributed by atoms with E-state index in [2.05, 4.69) is 0 Å². The van der Waals surface area contributed by atoms with Gasteiger partial charge in [-0.25, -0.2) is 9.59 Å². The van der Waals surface area contributed by atoms with Crippen LogP contribution in [0.1, 0.15) is 20.8 Å². The number of carbonyl (C=O) groups is 2. The van der Waals surface area contributed by atoms with E-state index in [1.54, 1.807) is 16.1 Å². The summed E-state index contributed by atoms with van der Waals surface area (Å²) in [5.41, 5.74) is -0.551. The van der Waals surface area contributed by atoms with Gasteiger partial charge in [-0.15, -0.1) is 0 Å². The molecule has 7 nitrogen and oxygen atoms in total. The van der Waals surface area contributed by atoms with Gasteiger partial charge in [0.05, 0.1) is 12.6 Å². The molecular weight excluding hydrogens is 296 g/mol. The van der Waals surface area contributed by atoms with Gasteiger partial charge in [0.15, 0.2) is 0 Å². The molecule has 0 aliphatic carbocycles. The number of hydrogen-bond acceptors (Lipinski definition) is 5. The standard InChI is InChI=1S/C13H22N2O5S/c1-13(2,3)20-11(16)14-7-9-10(8-14)19-12(17)15(9)5-6-21(4)18/h9-10H,5-8H2,1-4H3/t9-,10+,21?/m0/s1. The molecule has 0 N–H and O–H groups in total. The van der Waals surface area contributed by atoms with Crippen molar-refractivity contribution in [3.63, 3.8) is 0 Å². The summed E-state index contributed by atoms with van der Waals surface area (Å²) in [4.78, 5) is 26.9. The highest BCUT2D eigenvalue weighted by molar-refractivity contribution is 7.84. The lowest BCUT2D eigenvalue weighted by molar-refractivity contribution is 0.0247. The van der Waals surface area contributed by atoms with Crippen molar-refractivity contribution in [2.45, 2.75) is 38.5 Å². The van der Waals surface area contributed by atoms with E-state index in [0.29, 0.717) is 25.4 Å². The van der Waals surface area contributed by atoms with Crippen LogP contribution in [-0.4, -0.2) is 75.6 Å². The molecule has 120 valence electrons. The first kappa shape index (κ1) is 16.1. The third-order valence-corrected chi connectivity index (χ3v) is 4.15. The van der Waals surface area contributed by atoms with Crippen molar-refractivity contribution < 1.29 is 23.3 Å². The zero-order valence-corrected chi connectivity index (χ0v) is 13.6. The summed E-state index contributed by atoms with van der Waals surface area (Å²) in [5.74, 6) is 0.407. The monoisotopic (exact) mass is 318 g/mol. The molecule has 8 heteroatoms. The number of amides is 2. The third kappa shape index (κ3) is 3.87. The molecule has 2 heterocycles. The first-order chi connectivity index (χ1) is 9.67. The second-order valence-electron chi connectivity index (χ2n) is 6.35. The Bertz CT molecular complexity index is 462. The lowest BCUT2D eigenvalue weighted by Gasteiger charge is -2.26. The maximum absolute atomic E-state index is 12.0.